The van der Waals surface area contributed by atoms with Crippen LogP contribution < -0.4 is 10.7 Å². The van der Waals surface area contributed by atoms with E-state index in [0.717, 1.165) is 18.8 Å². The van der Waals surface area contributed by atoms with Crippen molar-refractivity contribution in [3.8, 4) is 0 Å². The minimum Gasteiger partial charge on any atom is -0.359 e. The topological polar surface area (TPSA) is 36.4 Å². The van der Waals surface area contributed by atoms with Gasteiger partial charge in [0.1, 0.15) is 0 Å². The van der Waals surface area contributed by atoms with Crippen LogP contribution in [-0.2, 0) is 0 Å². The average Bonchev–Trinajstić information content (AvgIpc) is 2.35. The molecule has 4 heteroatoms. The first kappa shape index (κ1) is 15.7. The predicted molar refractivity (Wildman–Crippen MR) is 90.0 cm³/mol. The van der Waals surface area contributed by atoms with Gasteiger partial charge < -0.3 is 5.32 Å². The highest BCUT2D eigenvalue weighted by atomic mass is 32.1. The summed E-state index contributed by atoms with van der Waals surface area (Å²) in [6, 6.07) is 0.547. The van der Waals surface area contributed by atoms with Gasteiger partial charge in [-0.1, -0.05) is 40.0 Å². The van der Waals surface area contributed by atoms with E-state index in [0.29, 0.717) is 16.6 Å². The summed E-state index contributed by atoms with van der Waals surface area (Å²) in [6.07, 6.45) is 9.95. The molecule has 2 aliphatic rings. The predicted octanol–water partition coefficient (Wildman–Crippen LogP) is 3.99. The van der Waals surface area contributed by atoms with E-state index in [2.05, 4.69) is 36.6 Å². The zero-order chi connectivity index (χ0) is 14.6. The first-order chi connectivity index (χ1) is 9.44. The molecular formula is C16H29N3S. The van der Waals surface area contributed by atoms with Crippen LogP contribution in [0.1, 0.15) is 72.1 Å². The molecule has 0 aliphatic heterocycles. The summed E-state index contributed by atoms with van der Waals surface area (Å²) in [5.74, 6) is 0.721. The molecule has 0 saturated heterocycles. The van der Waals surface area contributed by atoms with Crippen LogP contribution in [0.2, 0.25) is 0 Å². The smallest absolute Gasteiger partial charge is 0.187 e. The van der Waals surface area contributed by atoms with Crippen molar-refractivity contribution in [1.82, 2.24) is 10.7 Å². The molecule has 0 amide bonds. The average molecular weight is 295 g/mol. The fourth-order valence-corrected chi connectivity index (χ4v) is 4.01. The summed E-state index contributed by atoms with van der Waals surface area (Å²) < 4.78 is 0. The number of rotatable bonds is 2. The van der Waals surface area contributed by atoms with E-state index in [1.807, 2.05) is 0 Å². The van der Waals surface area contributed by atoms with Crippen LogP contribution in [0.3, 0.4) is 0 Å². The molecule has 2 N–H and O–H groups in total. The Kier molecular flexibility index (Phi) is 5.42. The second-order valence-corrected chi connectivity index (χ2v) is 7.86. The third kappa shape index (κ3) is 5.04. The van der Waals surface area contributed by atoms with Crippen molar-refractivity contribution in [1.29, 1.82) is 0 Å². The zero-order valence-electron chi connectivity index (χ0n) is 13.2. The zero-order valence-corrected chi connectivity index (χ0v) is 14.0. The van der Waals surface area contributed by atoms with E-state index in [4.69, 9.17) is 12.2 Å². The minimum atomic E-state index is 0.372. The molecule has 2 rings (SSSR count). The molecule has 20 heavy (non-hydrogen) atoms. The number of nitrogens with one attached hydrogen (secondary N) is 2. The molecule has 2 saturated carbocycles. The van der Waals surface area contributed by atoms with Gasteiger partial charge in [0, 0.05) is 11.8 Å². The molecule has 2 fully saturated rings. The fourth-order valence-electron chi connectivity index (χ4n) is 3.79. The molecule has 0 aromatic rings. The molecule has 0 spiro atoms. The lowest BCUT2D eigenvalue weighted by molar-refractivity contribution is 0.265. The second kappa shape index (κ2) is 6.88. The summed E-state index contributed by atoms with van der Waals surface area (Å²) in [6.45, 7) is 6.97. The third-order valence-corrected chi connectivity index (χ3v) is 4.63. The summed E-state index contributed by atoms with van der Waals surface area (Å²) in [5, 5.41) is 8.66. The second-order valence-electron chi connectivity index (χ2n) is 7.45. The lowest BCUT2D eigenvalue weighted by Crippen LogP contribution is -2.41. The first-order valence-corrected chi connectivity index (χ1v) is 8.47. The van der Waals surface area contributed by atoms with Gasteiger partial charge in [0.15, 0.2) is 5.11 Å². The van der Waals surface area contributed by atoms with Crippen LogP contribution in [0.15, 0.2) is 5.10 Å². The Hall–Kier alpha value is -0.640. The number of hydrogen-bond donors (Lipinski definition) is 2. The van der Waals surface area contributed by atoms with Gasteiger partial charge in [-0.25, -0.2) is 0 Å². The Morgan fingerprint density at radius 3 is 2.60 bits per heavy atom. The highest BCUT2D eigenvalue weighted by molar-refractivity contribution is 7.80. The highest BCUT2D eigenvalue weighted by Gasteiger charge is 2.29. The lowest BCUT2D eigenvalue weighted by atomic mass is 9.72. The van der Waals surface area contributed by atoms with Crippen molar-refractivity contribution < 1.29 is 0 Å². The monoisotopic (exact) mass is 295 g/mol. The van der Waals surface area contributed by atoms with Gasteiger partial charge in [-0.15, -0.1) is 0 Å². The summed E-state index contributed by atoms with van der Waals surface area (Å²) >= 11 is 5.36. The maximum absolute atomic E-state index is 5.36. The highest BCUT2D eigenvalue weighted by Crippen LogP contribution is 2.36. The lowest BCUT2D eigenvalue weighted by Gasteiger charge is -2.34. The standard InChI is InChI=1S/C16H29N3S/c1-12-9-14(11-16(2,3)10-12)18-19-15(20)17-13-7-5-4-6-8-13/h12-13H,4-11H2,1-3H3,(H2,17,19,20)/t12-/m0/s1. The van der Waals surface area contributed by atoms with Gasteiger partial charge in [-0.3, -0.25) is 5.43 Å². The molecule has 3 nitrogen and oxygen atoms in total. The molecule has 0 unspecified atom stereocenters. The Morgan fingerprint density at radius 2 is 1.95 bits per heavy atom. The molecule has 0 aromatic carbocycles. The van der Waals surface area contributed by atoms with Crippen LogP contribution in [0.25, 0.3) is 0 Å². The van der Waals surface area contributed by atoms with Gasteiger partial charge in [-0.05, 0) is 55.7 Å². The Labute approximate surface area is 129 Å². The van der Waals surface area contributed by atoms with Gasteiger partial charge in [0.05, 0.1) is 0 Å². The maximum atomic E-state index is 5.36. The molecular weight excluding hydrogens is 266 g/mol. The van der Waals surface area contributed by atoms with E-state index in [-0.39, 0.29) is 0 Å². The molecule has 0 aromatic heterocycles. The summed E-state index contributed by atoms with van der Waals surface area (Å²) in [5.41, 5.74) is 4.70. The van der Waals surface area contributed by atoms with Gasteiger partial charge >= 0.3 is 0 Å². The van der Waals surface area contributed by atoms with E-state index >= 15 is 0 Å². The van der Waals surface area contributed by atoms with Crippen LogP contribution in [0.5, 0.6) is 0 Å². The summed E-state index contributed by atoms with van der Waals surface area (Å²) in [4.78, 5) is 0. The van der Waals surface area contributed by atoms with E-state index in [9.17, 15) is 0 Å². The molecule has 0 heterocycles. The van der Waals surface area contributed by atoms with E-state index < -0.39 is 0 Å². The normalized spacial score (nSPS) is 29.1. The van der Waals surface area contributed by atoms with Crippen LogP contribution >= 0.6 is 12.2 Å². The summed E-state index contributed by atoms with van der Waals surface area (Å²) in [7, 11) is 0. The quantitative estimate of drug-likeness (QED) is 0.597. The maximum Gasteiger partial charge on any atom is 0.187 e. The third-order valence-electron chi connectivity index (χ3n) is 4.42. The van der Waals surface area contributed by atoms with E-state index in [1.165, 1.54) is 44.2 Å². The number of nitrogens with zero attached hydrogens (tertiary/aromatic N) is 1. The van der Waals surface area contributed by atoms with Crippen molar-refractivity contribution in [2.75, 3.05) is 0 Å². The van der Waals surface area contributed by atoms with Crippen molar-refractivity contribution in [3.05, 3.63) is 0 Å². The first-order valence-electron chi connectivity index (χ1n) is 8.06. The van der Waals surface area contributed by atoms with Crippen LogP contribution in [0.4, 0.5) is 0 Å². The number of hydrogen-bond acceptors (Lipinski definition) is 2. The molecule has 2 aliphatic carbocycles. The van der Waals surface area contributed by atoms with Crippen molar-refractivity contribution in [2.24, 2.45) is 16.4 Å². The molecule has 1 atom stereocenters. The van der Waals surface area contributed by atoms with Crippen molar-refractivity contribution in [3.63, 3.8) is 0 Å². The van der Waals surface area contributed by atoms with Crippen molar-refractivity contribution in [2.45, 2.75) is 78.2 Å². The molecule has 0 bridgehead atoms. The Balaban J connectivity index is 1.80. The fraction of sp³-hybridized carbons (Fsp3) is 0.875. The molecule has 114 valence electrons. The molecule has 0 radical (unpaired) electrons. The van der Waals surface area contributed by atoms with Gasteiger partial charge in [0.25, 0.3) is 0 Å². The van der Waals surface area contributed by atoms with Gasteiger partial charge in [0.2, 0.25) is 0 Å². The largest absolute Gasteiger partial charge is 0.359 e. The van der Waals surface area contributed by atoms with Crippen LogP contribution in [-0.4, -0.2) is 16.9 Å². The number of hydrazone groups is 1. The van der Waals surface area contributed by atoms with Crippen LogP contribution in [0, 0.1) is 11.3 Å². The SMILES string of the molecule is C[C@H]1CC(=NNC(=S)NC2CCCCC2)CC(C)(C)C1. The number of thiocarbonyl (C=S) groups is 1. The van der Waals surface area contributed by atoms with Gasteiger partial charge in [-0.2, -0.15) is 5.10 Å². The Bertz CT molecular complexity index is 370. The van der Waals surface area contributed by atoms with Crippen molar-refractivity contribution >= 4 is 23.0 Å². The van der Waals surface area contributed by atoms with E-state index in [1.54, 1.807) is 0 Å². The Morgan fingerprint density at radius 1 is 1.25 bits per heavy atom. The minimum absolute atomic E-state index is 0.372.